The summed E-state index contributed by atoms with van der Waals surface area (Å²) in [5, 5.41) is -0.579. The van der Waals surface area contributed by atoms with Crippen LogP contribution in [-0.2, 0) is 9.59 Å². The zero-order chi connectivity index (χ0) is 14.3. The number of carbonyl (C=O) groups is 2. The minimum Gasteiger partial charge on any atom is -0.299 e. The molecule has 0 saturated heterocycles. The van der Waals surface area contributed by atoms with E-state index in [1.807, 2.05) is 0 Å². The van der Waals surface area contributed by atoms with Crippen molar-refractivity contribution in [2.45, 2.75) is 59.5 Å². The van der Waals surface area contributed by atoms with Gasteiger partial charge in [-0.3, -0.25) is 9.59 Å². The first-order chi connectivity index (χ1) is 8.79. The average Bonchev–Trinajstić information content (AvgIpc) is 2.36. The van der Waals surface area contributed by atoms with Crippen LogP contribution in [0.3, 0.4) is 0 Å². The average molecular weight is 346 g/mol. The van der Waals surface area contributed by atoms with Crippen LogP contribution in [0.2, 0.25) is 0 Å². The van der Waals surface area contributed by atoms with E-state index in [0.717, 1.165) is 19.3 Å². The Morgan fingerprint density at radius 2 is 1.74 bits per heavy atom. The molecule has 0 heterocycles. The second-order valence-electron chi connectivity index (χ2n) is 5.47. The smallest absolute Gasteiger partial charge is 0.160 e. The first-order valence-electron chi connectivity index (χ1n) is 6.56. The molecule has 2 aliphatic rings. The molecule has 2 rings (SSSR count). The van der Waals surface area contributed by atoms with E-state index in [9.17, 15) is 9.59 Å². The molecule has 0 radical (unpaired) electrons. The summed E-state index contributed by atoms with van der Waals surface area (Å²) in [4.78, 5) is 22.7. The fourth-order valence-electron chi connectivity index (χ4n) is 2.93. The maximum absolute atomic E-state index is 12.2. The van der Waals surface area contributed by atoms with E-state index in [4.69, 9.17) is 46.4 Å². The standard InChI is InChI=1S/C13H16Cl4O2/c14-10-5-6-11(19)12(15,13(10,16)17)7-8-3-1-2-4-9(8)18/h8,10H,1-7H2. The van der Waals surface area contributed by atoms with Crippen molar-refractivity contribution in [2.75, 3.05) is 0 Å². The topological polar surface area (TPSA) is 34.1 Å². The summed E-state index contributed by atoms with van der Waals surface area (Å²) >= 11 is 25.1. The maximum atomic E-state index is 12.2. The Labute approximate surface area is 133 Å². The van der Waals surface area contributed by atoms with Crippen LogP contribution in [0.1, 0.15) is 44.9 Å². The molecule has 3 unspecified atom stereocenters. The minimum atomic E-state index is -1.52. The number of carbonyl (C=O) groups excluding carboxylic acids is 2. The Kier molecular flexibility index (Phi) is 4.77. The van der Waals surface area contributed by atoms with Gasteiger partial charge in [0.2, 0.25) is 0 Å². The lowest BCUT2D eigenvalue weighted by Crippen LogP contribution is -2.58. The summed E-state index contributed by atoms with van der Waals surface area (Å²) in [6, 6.07) is 0. The Balaban J connectivity index is 2.23. The second kappa shape index (κ2) is 5.71. The maximum Gasteiger partial charge on any atom is 0.160 e. The molecule has 0 bridgehead atoms. The summed E-state index contributed by atoms with van der Waals surface area (Å²) in [6.07, 6.45) is 4.05. The van der Waals surface area contributed by atoms with Crippen molar-refractivity contribution in [3.8, 4) is 0 Å². The highest BCUT2D eigenvalue weighted by molar-refractivity contribution is 6.60. The third-order valence-electron chi connectivity index (χ3n) is 4.20. The monoisotopic (exact) mass is 344 g/mol. The van der Waals surface area contributed by atoms with Crippen molar-refractivity contribution in [1.29, 1.82) is 0 Å². The third kappa shape index (κ3) is 2.79. The summed E-state index contributed by atoms with van der Waals surface area (Å²) < 4.78 is -1.52. The Morgan fingerprint density at radius 3 is 2.37 bits per heavy atom. The highest BCUT2D eigenvalue weighted by atomic mass is 35.5. The van der Waals surface area contributed by atoms with Gasteiger partial charge < -0.3 is 0 Å². The van der Waals surface area contributed by atoms with Gasteiger partial charge in [-0.05, 0) is 25.7 Å². The molecule has 0 aromatic carbocycles. The quantitative estimate of drug-likeness (QED) is 0.701. The van der Waals surface area contributed by atoms with Gasteiger partial charge in [-0.2, -0.15) is 0 Å². The number of halogens is 4. The van der Waals surface area contributed by atoms with Gasteiger partial charge in [0, 0.05) is 18.8 Å². The van der Waals surface area contributed by atoms with Gasteiger partial charge in [-0.25, -0.2) is 0 Å². The largest absolute Gasteiger partial charge is 0.299 e. The van der Waals surface area contributed by atoms with Crippen molar-refractivity contribution >= 4 is 58.0 Å². The lowest BCUT2D eigenvalue weighted by Gasteiger charge is -2.45. The molecule has 2 nitrogen and oxygen atoms in total. The molecular weight excluding hydrogens is 330 g/mol. The second-order valence-corrected chi connectivity index (χ2v) is 8.02. The predicted octanol–water partition coefficient (Wildman–Crippen LogP) is 4.26. The Bertz CT molecular complexity index is 396. The summed E-state index contributed by atoms with van der Waals surface area (Å²) in [7, 11) is 0. The molecule has 0 N–H and O–H groups in total. The van der Waals surface area contributed by atoms with Crippen molar-refractivity contribution in [1.82, 2.24) is 0 Å². The summed E-state index contributed by atoms with van der Waals surface area (Å²) in [6.45, 7) is 0. The van der Waals surface area contributed by atoms with Gasteiger partial charge in [0.05, 0.1) is 5.38 Å². The highest BCUT2D eigenvalue weighted by Gasteiger charge is 2.60. The predicted molar refractivity (Wildman–Crippen MR) is 78.5 cm³/mol. The lowest BCUT2D eigenvalue weighted by atomic mass is 9.75. The molecule has 2 aliphatic carbocycles. The molecule has 0 aromatic rings. The van der Waals surface area contributed by atoms with Crippen LogP contribution in [0.25, 0.3) is 0 Å². The van der Waals surface area contributed by atoms with E-state index < -0.39 is 14.6 Å². The fourth-order valence-corrected chi connectivity index (χ4v) is 4.28. The van der Waals surface area contributed by atoms with E-state index in [-0.39, 0.29) is 30.3 Å². The Hall–Kier alpha value is 0.500. The molecule has 0 spiro atoms. The molecule has 6 heteroatoms. The number of hydrogen-bond donors (Lipinski definition) is 0. The highest BCUT2D eigenvalue weighted by Crippen LogP contribution is 2.53. The van der Waals surface area contributed by atoms with Crippen LogP contribution in [0.5, 0.6) is 0 Å². The van der Waals surface area contributed by atoms with E-state index in [2.05, 4.69) is 0 Å². The molecule has 3 atom stereocenters. The molecule has 0 aliphatic heterocycles. The van der Waals surface area contributed by atoms with Crippen LogP contribution in [-0.4, -0.2) is 26.2 Å². The van der Waals surface area contributed by atoms with E-state index in [0.29, 0.717) is 12.8 Å². The zero-order valence-corrected chi connectivity index (χ0v) is 13.5. The van der Waals surface area contributed by atoms with Crippen molar-refractivity contribution in [3.63, 3.8) is 0 Å². The minimum absolute atomic E-state index is 0.153. The SMILES string of the molecule is O=C1CCCCC1CC1(Cl)C(=O)CCC(Cl)C1(Cl)Cl. The molecular formula is C13H16Cl4O2. The Morgan fingerprint density at radius 1 is 1.05 bits per heavy atom. The molecule has 19 heavy (non-hydrogen) atoms. The van der Waals surface area contributed by atoms with Crippen LogP contribution < -0.4 is 0 Å². The van der Waals surface area contributed by atoms with Gasteiger partial charge in [0.15, 0.2) is 10.1 Å². The van der Waals surface area contributed by atoms with Crippen LogP contribution in [0.4, 0.5) is 0 Å². The summed E-state index contributed by atoms with van der Waals surface area (Å²) in [5.41, 5.74) is 0. The first kappa shape index (κ1) is 15.9. The lowest BCUT2D eigenvalue weighted by molar-refractivity contribution is -0.127. The molecule has 2 fully saturated rings. The van der Waals surface area contributed by atoms with Crippen molar-refractivity contribution < 1.29 is 9.59 Å². The van der Waals surface area contributed by atoms with Gasteiger partial charge in [0.1, 0.15) is 10.7 Å². The van der Waals surface area contributed by atoms with Gasteiger partial charge in [0.25, 0.3) is 0 Å². The number of ketones is 2. The van der Waals surface area contributed by atoms with E-state index in [1.165, 1.54) is 0 Å². The number of hydrogen-bond acceptors (Lipinski definition) is 2. The van der Waals surface area contributed by atoms with Crippen LogP contribution in [0.15, 0.2) is 0 Å². The molecule has 2 saturated carbocycles. The first-order valence-corrected chi connectivity index (χ1v) is 8.13. The van der Waals surface area contributed by atoms with E-state index >= 15 is 0 Å². The molecule has 0 amide bonds. The fraction of sp³-hybridized carbons (Fsp3) is 0.846. The normalized spacial score (nSPS) is 39.4. The van der Waals surface area contributed by atoms with Crippen molar-refractivity contribution in [2.24, 2.45) is 5.92 Å². The van der Waals surface area contributed by atoms with Crippen LogP contribution >= 0.6 is 46.4 Å². The van der Waals surface area contributed by atoms with Gasteiger partial charge >= 0.3 is 0 Å². The molecule has 108 valence electrons. The molecule has 0 aromatic heterocycles. The summed E-state index contributed by atoms with van der Waals surface area (Å²) in [5.74, 6) is -0.275. The van der Waals surface area contributed by atoms with Gasteiger partial charge in [-0.1, -0.05) is 29.6 Å². The number of alkyl halides is 4. The van der Waals surface area contributed by atoms with Crippen molar-refractivity contribution in [3.05, 3.63) is 0 Å². The zero-order valence-electron chi connectivity index (χ0n) is 10.4. The number of rotatable bonds is 2. The third-order valence-corrected chi connectivity index (χ3v) is 6.99. The van der Waals surface area contributed by atoms with Gasteiger partial charge in [-0.15, -0.1) is 23.2 Å². The number of Topliss-reactive ketones (excluding diaryl/α,β-unsaturated/α-hetero) is 2. The van der Waals surface area contributed by atoms with E-state index in [1.54, 1.807) is 0 Å². The van der Waals surface area contributed by atoms with Crippen LogP contribution in [0, 0.1) is 5.92 Å².